The molecule has 1 aliphatic rings. The molecule has 0 aromatic heterocycles. The van der Waals surface area contributed by atoms with Gasteiger partial charge in [0.2, 0.25) is 0 Å². The van der Waals surface area contributed by atoms with E-state index in [1.54, 1.807) is 0 Å². The van der Waals surface area contributed by atoms with Crippen LogP contribution in [-0.4, -0.2) is 12.0 Å². The Morgan fingerprint density at radius 3 is 2.38 bits per heavy atom. The molecule has 0 radical (unpaired) electrons. The molecule has 0 unspecified atom stereocenters. The van der Waals surface area contributed by atoms with Crippen molar-refractivity contribution in [3.8, 4) is 0 Å². The topological polar surface area (TPSA) is 3.24 Å². The maximum atomic E-state index is 5.60. The Balaban J connectivity index is 2.04. The highest BCUT2D eigenvalue weighted by Crippen LogP contribution is 2.27. The van der Waals surface area contributed by atoms with Crippen molar-refractivity contribution in [3.05, 3.63) is 30.3 Å². The Morgan fingerprint density at radius 2 is 1.75 bits per heavy atom. The zero-order valence-electron chi connectivity index (χ0n) is 9.86. The second kappa shape index (κ2) is 5.44. The quantitative estimate of drug-likeness (QED) is 0.709. The first-order valence-corrected chi connectivity index (χ1v) is 6.52. The van der Waals surface area contributed by atoms with Gasteiger partial charge in [0.25, 0.3) is 0 Å². The molecule has 1 nitrogen and oxygen atoms in total. The summed E-state index contributed by atoms with van der Waals surface area (Å²) in [4.78, 5) is 3.29. The predicted octanol–water partition coefficient (Wildman–Crippen LogP) is 4.03. The minimum absolute atomic E-state index is 0.619. The standard InChI is InChI=1S/C14H19NS/c1-15(13-10-6-3-7-11-13)14(16)12-8-4-2-5-9-12/h3,6-7,10-12H,2,4-5,8-9H2,1H3. The summed E-state index contributed by atoms with van der Waals surface area (Å²) in [6, 6.07) is 10.4. The summed E-state index contributed by atoms with van der Waals surface area (Å²) in [5.41, 5.74) is 1.21. The minimum atomic E-state index is 0.619. The monoisotopic (exact) mass is 233 g/mol. The van der Waals surface area contributed by atoms with Crippen LogP contribution in [0.25, 0.3) is 0 Å². The first kappa shape index (κ1) is 11.6. The molecule has 0 amide bonds. The zero-order chi connectivity index (χ0) is 11.4. The molecule has 1 fully saturated rings. The first-order valence-electron chi connectivity index (χ1n) is 6.11. The van der Waals surface area contributed by atoms with Gasteiger partial charge in [-0.05, 0) is 25.0 Å². The van der Waals surface area contributed by atoms with Crippen molar-refractivity contribution in [3.63, 3.8) is 0 Å². The van der Waals surface area contributed by atoms with E-state index in [4.69, 9.17) is 12.2 Å². The van der Waals surface area contributed by atoms with E-state index < -0.39 is 0 Å². The normalized spacial score (nSPS) is 17.1. The predicted molar refractivity (Wildman–Crippen MR) is 74.0 cm³/mol. The number of anilines is 1. The summed E-state index contributed by atoms with van der Waals surface area (Å²) in [5.74, 6) is 0.619. The van der Waals surface area contributed by atoms with Crippen LogP contribution in [0.15, 0.2) is 30.3 Å². The highest BCUT2D eigenvalue weighted by atomic mass is 32.1. The molecule has 2 rings (SSSR count). The Kier molecular flexibility index (Phi) is 3.94. The van der Waals surface area contributed by atoms with Gasteiger partial charge in [-0.15, -0.1) is 0 Å². The molecule has 1 saturated carbocycles. The van der Waals surface area contributed by atoms with Crippen molar-refractivity contribution >= 4 is 22.9 Å². The van der Waals surface area contributed by atoms with E-state index in [9.17, 15) is 0 Å². The Morgan fingerprint density at radius 1 is 1.12 bits per heavy atom. The fourth-order valence-electron chi connectivity index (χ4n) is 2.40. The van der Waals surface area contributed by atoms with Crippen molar-refractivity contribution in [2.24, 2.45) is 5.92 Å². The maximum Gasteiger partial charge on any atom is 0.0852 e. The van der Waals surface area contributed by atoms with Gasteiger partial charge < -0.3 is 4.90 Å². The summed E-state index contributed by atoms with van der Waals surface area (Å²) in [5, 5.41) is 0. The third-order valence-electron chi connectivity index (χ3n) is 3.43. The fourth-order valence-corrected chi connectivity index (χ4v) is 2.74. The average molecular weight is 233 g/mol. The van der Waals surface area contributed by atoms with E-state index in [2.05, 4.69) is 36.2 Å². The van der Waals surface area contributed by atoms with Crippen LogP contribution in [0.1, 0.15) is 32.1 Å². The van der Waals surface area contributed by atoms with Crippen LogP contribution >= 0.6 is 12.2 Å². The molecule has 86 valence electrons. The molecule has 0 aliphatic heterocycles. The smallest absolute Gasteiger partial charge is 0.0852 e. The van der Waals surface area contributed by atoms with Gasteiger partial charge >= 0.3 is 0 Å². The van der Waals surface area contributed by atoms with Gasteiger partial charge in [-0.2, -0.15) is 0 Å². The SMILES string of the molecule is CN(C(=S)C1CCCCC1)c1ccccc1. The maximum absolute atomic E-state index is 5.60. The van der Waals surface area contributed by atoms with Gasteiger partial charge in [0.1, 0.15) is 0 Å². The van der Waals surface area contributed by atoms with Crippen molar-refractivity contribution in [1.29, 1.82) is 0 Å². The molecule has 0 N–H and O–H groups in total. The van der Waals surface area contributed by atoms with Crippen LogP contribution in [-0.2, 0) is 0 Å². The summed E-state index contributed by atoms with van der Waals surface area (Å²) < 4.78 is 0. The molecule has 0 atom stereocenters. The molecule has 0 heterocycles. The molecule has 1 aromatic carbocycles. The Labute approximate surface area is 103 Å². The lowest BCUT2D eigenvalue weighted by molar-refractivity contribution is 0.440. The molecule has 0 bridgehead atoms. The lowest BCUT2D eigenvalue weighted by atomic mass is 9.89. The summed E-state index contributed by atoms with van der Waals surface area (Å²) in [6.45, 7) is 0. The van der Waals surface area contributed by atoms with Gasteiger partial charge in [-0.1, -0.05) is 49.7 Å². The number of thiocarbonyl (C=S) groups is 1. The van der Waals surface area contributed by atoms with Crippen molar-refractivity contribution < 1.29 is 0 Å². The van der Waals surface area contributed by atoms with Gasteiger partial charge in [0.05, 0.1) is 4.99 Å². The molecular formula is C14H19NS. The largest absolute Gasteiger partial charge is 0.339 e. The summed E-state index contributed by atoms with van der Waals surface area (Å²) in [6.07, 6.45) is 6.61. The molecule has 2 heteroatoms. The number of benzene rings is 1. The van der Waals surface area contributed by atoms with Gasteiger partial charge in [-0.25, -0.2) is 0 Å². The third-order valence-corrected chi connectivity index (χ3v) is 4.04. The average Bonchev–Trinajstić information content (AvgIpc) is 2.39. The molecule has 1 aliphatic carbocycles. The van der Waals surface area contributed by atoms with E-state index in [1.807, 2.05) is 6.07 Å². The third kappa shape index (κ3) is 2.62. The van der Waals surface area contributed by atoms with Crippen LogP contribution in [0, 0.1) is 5.92 Å². The second-order valence-corrected chi connectivity index (χ2v) is 4.99. The van der Waals surface area contributed by atoms with Crippen molar-refractivity contribution in [2.45, 2.75) is 32.1 Å². The Hall–Kier alpha value is -0.890. The van der Waals surface area contributed by atoms with Crippen LogP contribution in [0.2, 0.25) is 0 Å². The molecular weight excluding hydrogens is 214 g/mol. The number of para-hydroxylation sites is 1. The second-order valence-electron chi connectivity index (χ2n) is 4.57. The van der Waals surface area contributed by atoms with E-state index in [0.717, 1.165) is 4.99 Å². The zero-order valence-corrected chi connectivity index (χ0v) is 10.7. The number of rotatable bonds is 2. The van der Waals surface area contributed by atoms with Gasteiger partial charge in [-0.3, -0.25) is 0 Å². The number of nitrogens with zero attached hydrogens (tertiary/aromatic N) is 1. The van der Waals surface area contributed by atoms with Crippen molar-refractivity contribution in [1.82, 2.24) is 0 Å². The highest BCUT2D eigenvalue weighted by Gasteiger charge is 2.20. The lowest BCUT2D eigenvalue weighted by Gasteiger charge is -2.29. The van der Waals surface area contributed by atoms with E-state index in [0.29, 0.717) is 5.92 Å². The molecule has 16 heavy (non-hydrogen) atoms. The van der Waals surface area contributed by atoms with Crippen molar-refractivity contribution in [2.75, 3.05) is 11.9 Å². The number of hydrogen-bond donors (Lipinski definition) is 0. The first-order chi connectivity index (χ1) is 7.79. The van der Waals surface area contributed by atoms with Gasteiger partial charge in [0.15, 0.2) is 0 Å². The van der Waals surface area contributed by atoms with E-state index in [-0.39, 0.29) is 0 Å². The van der Waals surface area contributed by atoms with Crippen LogP contribution in [0.4, 0.5) is 5.69 Å². The highest BCUT2D eigenvalue weighted by molar-refractivity contribution is 7.80. The molecule has 1 aromatic rings. The minimum Gasteiger partial charge on any atom is -0.339 e. The summed E-state index contributed by atoms with van der Waals surface area (Å²) >= 11 is 5.60. The Bertz CT molecular complexity index is 341. The summed E-state index contributed by atoms with van der Waals surface area (Å²) in [7, 11) is 2.09. The molecule has 0 saturated heterocycles. The lowest BCUT2D eigenvalue weighted by Crippen LogP contribution is -2.32. The van der Waals surface area contributed by atoms with Crippen LogP contribution in [0.5, 0.6) is 0 Å². The van der Waals surface area contributed by atoms with Crippen LogP contribution < -0.4 is 4.90 Å². The number of hydrogen-bond acceptors (Lipinski definition) is 1. The van der Waals surface area contributed by atoms with E-state index in [1.165, 1.54) is 37.8 Å². The van der Waals surface area contributed by atoms with E-state index >= 15 is 0 Å². The fraction of sp³-hybridized carbons (Fsp3) is 0.500. The van der Waals surface area contributed by atoms with Gasteiger partial charge in [0, 0.05) is 18.7 Å². The van der Waals surface area contributed by atoms with Crippen LogP contribution in [0.3, 0.4) is 0 Å². The molecule has 0 spiro atoms.